The number of hydrogen-bond acceptors (Lipinski definition) is 6. The third kappa shape index (κ3) is 3.84. The Labute approximate surface area is 122 Å². The molecule has 5 nitrogen and oxygen atoms in total. The molecule has 0 aliphatic rings. The van der Waals surface area contributed by atoms with E-state index in [1.807, 2.05) is 0 Å². The van der Waals surface area contributed by atoms with E-state index < -0.39 is 17.5 Å². The summed E-state index contributed by atoms with van der Waals surface area (Å²) in [7, 11) is 0. The molecule has 6 heteroatoms. The average Bonchev–Trinajstić information content (AvgIpc) is 2.59. The van der Waals surface area contributed by atoms with Crippen molar-refractivity contribution < 1.29 is 19.1 Å². The van der Waals surface area contributed by atoms with Crippen LogP contribution in [0.15, 0.2) is 12.7 Å². The minimum absolute atomic E-state index is 0.109. The van der Waals surface area contributed by atoms with Crippen molar-refractivity contribution in [3.63, 3.8) is 0 Å². The van der Waals surface area contributed by atoms with Crippen LogP contribution >= 0.6 is 11.3 Å². The van der Waals surface area contributed by atoms with Crippen LogP contribution in [-0.4, -0.2) is 24.1 Å². The lowest BCUT2D eigenvalue weighted by Gasteiger charge is -2.19. The molecule has 0 bridgehead atoms. The van der Waals surface area contributed by atoms with E-state index in [0.717, 1.165) is 11.3 Å². The lowest BCUT2D eigenvalue weighted by molar-refractivity contribution is 0.00706. The van der Waals surface area contributed by atoms with Crippen LogP contribution in [-0.2, 0) is 9.47 Å². The molecule has 0 spiro atoms. The van der Waals surface area contributed by atoms with Gasteiger partial charge in [0, 0.05) is 0 Å². The molecule has 1 aromatic heterocycles. The second kappa shape index (κ2) is 6.09. The summed E-state index contributed by atoms with van der Waals surface area (Å²) >= 11 is 1.02. The van der Waals surface area contributed by atoms with Gasteiger partial charge in [-0.1, -0.05) is 12.7 Å². The van der Waals surface area contributed by atoms with E-state index in [1.165, 1.54) is 6.08 Å². The summed E-state index contributed by atoms with van der Waals surface area (Å²) in [6.07, 6.45) is 1.47. The second-order valence-corrected chi connectivity index (χ2v) is 6.24. The SMILES string of the molecule is C=CCOC(=O)c1sc(N)c(C(=O)OC(C)(C)C)c1C. The Hall–Kier alpha value is -1.82. The molecule has 2 N–H and O–H groups in total. The monoisotopic (exact) mass is 297 g/mol. The highest BCUT2D eigenvalue weighted by Gasteiger charge is 2.27. The van der Waals surface area contributed by atoms with E-state index in [0.29, 0.717) is 10.4 Å². The molecule has 0 radical (unpaired) electrons. The Morgan fingerprint density at radius 3 is 2.45 bits per heavy atom. The van der Waals surface area contributed by atoms with E-state index in [2.05, 4.69) is 6.58 Å². The maximum Gasteiger partial charge on any atom is 0.348 e. The van der Waals surface area contributed by atoms with Gasteiger partial charge in [-0.2, -0.15) is 0 Å². The van der Waals surface area contributed by atoms with Crippen molar-refractivity contribution in [2.45, 2.75) is 33.3 Å². The quantitative estimate of drug-likeness (QED) is 0.683. The summed E-state index contributed by atoms with van der Waals surface area (Å²) in [5.41, 5.74) is 5.91. The molecule has 0 fully saturated rings. The minimum Gasteiger partial charge on any atom is -0.457 e. The molecule has 0 unspecified atom stereocenters. The topological polar surface area (TPSA) is 78.6 Å². The summed E-state index contributed by atoms with van der Waals surface area (Å²) in [5, 5.41) is 0.252. The summed E-state index contributed by atoms with van der Waals surface area (Å²) in [4.78, 5) is 24.2. The summed E-state index contributed by atoms with van der Waals surface area (Å²) in [6, 6.07) is 0. The first-order valence-corrected chi connectivity index (χ1v) is 6.89. The van der Waals surface area contributed by atoms with Gasteiger partial charge in [-0.3, -0.25) is 0 Å². The average molecular weight is 297 g/mol. The van der Waals surface area contributed by atoms with Gasteiger partial charge >= 0.3 is 11.9 Å². The Morgan fingerprint density at radius 2 is 1.95 bits per heavy atom. The van der Waals surface area contributed by atoms with E-state index in [-0.39, 0.29) is 17.2 Å². The van der Waals surface area contributed by atoms with Crippen molar-refractivity contribution in [1.29, 1.82) is 0 Å². The van der Waals surface area contributed by atoms with Crippen molar-refractivity contribution in [3.8, 4) is 0 Å². The molecular formula is C14H19NO4S. The number of rotatable bonds is 4. The number of esters is 2. The number of thiophene rings is 1. The van der Waals surface area contributed by atoms with E-state index in [4.69, 9.17) is 15.2 Å². The molecule has 20 heavy (non-hydrogen) atoms. The van der Waals surface area contributed by atoms with Crippen molar-refractivity contribution in [1.82, 2.24) is 0 Å². The van der Waals surface area contributed by atoms with Crippen molar-refractivity contribution >= 4 is 28.3 Å². The van der Waals surface area contributed by atoms with Gasteiger partial charge in [0.1, 0.15) is 22.1 Å². The number of carbonyl (C=O) groups excluding carboxylic acids is 2. The molecule has 110 valence electrons. The molecule has 0 aromatic carbocycles. The van der Waals surface area contributed by atoms with Crippen molar-refractivity contribution in [3.05, 3.63) is 28.7 Å². The zero-order valence-electron chi connectivity index (χ0n) is 12.1. The first kappa shape index (κ1) is 16.2. The van der Waals surface area contributed by atoms with Gasteiger partial charge < -0.3 is 15.2 Å². The third-order valence-corrected chi connectivity index (χ3v) is 3.40. The van der Waals surface area contributed by atoms with E-state index in [9.17, 15) is 9.59 Å². The van der Waals surface area contributed by atoms with Gasteiger partial charge in [0.05, 0.1) is 5.56 Å². The number of ether oxygens (including phenoxy) is 2. The molecule has 0 aliphatic carbocycles. The summed E-state index contributed by atoms with van der Waals surface area (Å²) in [6.45, 7) is 10.5. The highest BCUT2D eigenvalue weighted by atomic mass is 32.1. The lowest BCUT2D eigenvalue weighted by Crippen LogP contribution is -2.24. The number of nitrogen functional groups attached to an aromatic ring is 1. The van der Waals surface area contributed by atoms with Crippen LogP contribution in [0.2, 0.25) is 0 Å². The van der Waals surface area contributed by atoms with Gasteiger partial charge in [-0.15, -0.1) is 11.3 Å². The fraction of sp³-hybridized carbons (Fsp3) is 0.429. The van der Waals surface area contributed by atoms with Gasteiger partial charge in [-0.05, 0) is 33.3 Å². The maximum absolute atomic E-state index is 12.1. The number of hydrogen-bond donors (Lipinski definition) is 1. The van der Waals surface area contributed by atoms with Gasteiger partial charge in [-0.25, -0.2) is 9.59 Å². The summed E-state index contributed by atoms with van der Waals surface area (Å²) < 4.78 is 10.2. The van der Waals surface area contributed by atoms with Crippen LogP contribution in [0, 0.1) is 6.92 Å². The second-order valence-electron chi connectivity index (χ2n) is 5.18. The van der Waals surface area contributed by atoms with Crippen LogP contribution < -0.4 is 5.73 Å². The molecule has 0 saturated carbocycles. The fourth-order valence-corrected chi connectivity index (χ4v) is 2.47. The zero-order valence-corrected chi connectivity index (χ0v) is 12.9. The van der Waals surface area contributed by atoms with Crippen molar-refractivity contribution in [2.24, 2.45) is 0 Å². The van der Waals surface area contributed by atoms with Crippen LogP contribution in [0.1, 0.15) is 46.4 Å². The van der Waals surface area contributed by atoms with Crippen LogP contribution in [0.3, 0.4) is 0 Å². The Kier molecular flexibility index (Phi) is 4.94. The largest absolute Gasteiger partial charge is 0.457 e. The van der Waals surface area contributed by atoms with Crippen LogP contribution in [0.4, 0.5) is 5.00 Å². The molecular weight excluding hydrogens is 278 g/mol. The first-order chi connectivity index (χ1) is 9.17. The molecule has 0 saturated heterocycles. The molecule has 0 amide bonds. The van der Waals surface area contributed by atoms with Crippen LogP contribution in [0.25, 0.3) is 0 Å². The van der Waals surface area contributed by atoms with Gasteiger partial charge in [0.25, 0.3) is 0 Å². The molecule has 0 aliphatic heterocycles. The standard InChI is InChI=1S/C14H19NO4S/c1-6-7-18-13(17)10-8(2)9(11(15)20-10)12(16)19-14(3,4)5/h6H,1,7,15H2,2-5H3. The molecule has 1 rings (SSSR count). The summed E-state index contributed by atoms with van der Waals surface area (Å²) in [5.74, 6) is -1.06. The van der Waals surface area contributed by atoms with Gasteiger partial charge in [0.15, 0.2) is 0 Å². The first-order valence-electron chi connectivity index (χ1n) is 6.07. The highest BCUT2D eigenvalue weighted by Crippen LogP contribution is 2.32. The van der Waals surface area contributed by atoms with E-state index >= 15 is 0 Å². The van der Waals surface area contributed by atoms with Crippen LogP contribution in [0.5, 0.6) is 0 Å². The fourth-order valence-electron chi connectivity index (χ4n) is 1.51. The predicted octanol–water partition coefficient (Wildman–Crippen LogP) is 2.94. The zero-order chi connectivity index (χ0) is 15.5. The minimum atomic E-state index is -0.624. The predicted molar refractivity (Wildman–Crippen MR) is 79.1 cm³/mol. The Bertz CT molecular complexity index is 540. The number of nitrogens with two attached hydrogens (primary N) is 1. The highest BCUT2D eigenvalue weighted by molar-refractivity contribution is 7.18. The van der Waals surface area contributed by atoms with E-state index in [1.54, 1.807) is 27.7 Å². The normalized spacial score (nSPS) is 11.0. The molecule has 1 aromatic rings. The lowest BCUT2D eigenvalue weighted by atomic mass is 10.1. The number of anilines is 1. The Balaban J connectivity index is 3.06. The molecule has 1 heterocycles. The Morgan fingerprint density at radius 1 is 1.35 bits per heavy atom. The smallest absolute Gasteiger partial charge is 0.348 e. The number of carbonyl (C=O) groups is 2. The van der Waals surface area contributed by atoms with Gasteiger partial charge in [0.2, 0.25) is 0 Å². The van der Waals surface area contributed by atoms with Crippen molar-refractivity contribution in [2.75, 3.05) is 12.3 Å². The maximum atomic E-state index is 12.1. The third-order valence-electron chi connectivity index (χ3n) is 2.29. The molecule has 0 atom stereocenters.